The summed E-state index contributed by atoms with van der Waals surface area (Å²) in [6, 6.07) is 7.49. The molecule has 0 saturated heterocycles. The standard InChI is InChI=1S/C11H11N3O/c1-3-12-11-13-9-6-4-5-7-10(9)14(11)8(2)15/h3-7H,1-2H3/b12-3+. The smallest absolute Gasteiger partial charge is 0.237 e. The van der Waals surface area contributed by atoms with Gasteiger partial charge in [0.25, 0.3) is 0 Å². The topological polar surface area (TPSA) is 47.2 Å². The first-order chi connectivity index (χ1) is 7.24. The lowest BCUT2D eigenvalue weighted by Crippen LogP contribution is -2.04. The molecule has 0 aliphatic rings. The maximum absolute atomic E-state index is 11.5. The number of carbonyl (C=O) groups excluding carboxylic acids is 1. The van der Waals surface area contributed by atoms with Gasteiger partial charge in [-0.15, -0.1) is 0 Å². The normalized spacial score (nSPS) is 11.3. The second kappa shape index (κ2) is 3.65. The molecule has 0 amide bonds. The van der Waals surface area contributed by atoms with Crippen molar-refractivity contribution in [1.82, 2.24) is 9.55 Å². The van der Waals surface area contributed by atoms with Gasteiger partial charge in [-0.3, -0.25) is 4.79 Å². The molecule has 0 bridgehead atoms. The monoisotopic (exact) mass is 201 g/mol. The zero-order chi connectivity index (χ0) is 10.8. The molecule has 1 heterocycles. The van der Waals surface area contributed by atoms with E-state index in [0.717, 1.165) is 11.0 Å². The van der Waals surface area contributed by atoms with E-state index in [2.05, 4.69) is 9.98 Å². The van der Waals surface area contributed by atoms with E-state index in [9.17, 15) is 4.79 Å². The van der Waals surface area contributed by atoms with Crippen LogP contribution in [0.4, 0.5) is 5.95 Å². The third-order valence-corrected chi connectivity index (χ3v) is 2.10. The highest BCUT2D eigenvalue weighted by Gasteiger charge is 2.11. The molecule has 15 heavy (non-hydrogen) atoms. The Kier molecular flexibility index (Phi) is 2.33. The molecule has 2 aromatic rings. The number of fused-ring (bicyclic) bond motifs is 1. The molecule has 1 aromatic heterocycles. The van der Waals surface area contributed by atoms with Crippen LogP contribution in [0.3, 0.4) is 0 Å². The summed E-state index contributed by atoms with van der Waals surface area (Å²) >= 11 is 0. The fourth-order valence-electron chi connectivity index (χ4n) is 1.53. The van der Waals surface area contributed by atoms with Gasteiger partial charge >= 0.3 is 0 Å². The van der Waals surface area contributed by atoms with Crippen LogP contribution in [0.15, 0.2) is 29.3 Å². The van der Waals surface area contributed by atoms with Gasteiger partial charge in [0, 0.05) is 13.1 Å². The lowest BCUT2D eigenvalue weighted by atomic mass is 10.3. The Bertz CT molecular complexity index is 540. The number of carbonyl (C=O) groups is 1. The molecule has 4 nitrogen and oxygen atoms in total. The van der Waals surface area contributed by atoms with Crippen molar-refractivity contribution in [2.75, 3.05) is 0 Å². The Balaban J connectivity index is 2.80. The predicted molar refractivity (Wildman–Crippen MR) is 59.9 cm³/mol. The number of hydrogen-bond donors (Lipinski definition) is 0. The molecule has 0 spiro atoms. The highest BCUT2D eigenvalue weighted by molar-refractivity contribution is 5.92. The number of rotatable bonds is 1. The minimum atomic E-state index is -0.0794. The van der Waals surface area contributed by atoms with Crippen molar-refractivity contribution in [3.05, 3.63) is 24.3 Å². The van der Waals surface area contributed by atoms with E-state index >= 15 is 0 Å². The molecule has 0 aliphatic carbocycles. The first-order valence-electron chi connectivity index (χ1n) is 4.71. The van der Waals surface area contributed by atoms with Crippen molar-refractivity contribution in [1.29, 1.82) is 0 Å². The molecule has 76 valence electrons. The molecule has 2 rings (SSSR count). The molecular formula is C11H11N3O. The second-order valence-electron chi connectivity index (χ2n) is 3.14. The molecule has 4 heteroatoms. The number of aromatic nitrogens is 2. The maximum atomic E-state index is 11.5. The Hall–Kier alpha value is -1.97. The van der Waals surface area contributed by atoms with E-state index in [1.54, 1.807) is 13.1 Å². The quantitative estimate of drug-likeness (QED) is 0.665. The molecule has 0 aliphatic heterocycles. The van der Waals surface area contributed by atoms with Gasteiger partial charge in [-0.25, -0.2) is 14.5 Å². The summed E-state index contributed by atoms with van der Waals surface area (Å²) in [6.45, 7) is 3.30. The number of para-hydroxylation sites is 2. The summed E-state index contributed by atoms with van der Waals surface area (Å²) < 4.78 is 1.51. The van der Waals surface area contributed by atoms with Crippen molar-refractivity contribution < 1.29 is 4.79 Å². The Morgan fingerprint density at radius 1 is 1.47 bits per heavy atom. The number of hydrogen-bond acceptors (Lipinski definition) is 3. The number of aliphatic imine (C=N–C) groups is 1. The average Bonchev–Trinajstić information content (AvgIpc) is 2.56. The van der Waals surface area contributed by atoms with E-state index in [0.29, 0.717) is 5.95 Å². The van der Waals surface area contributed by atoms with Gasteiger partial charge in [0.1, 0.15) is 0 Å². The Morgan fingerprint density at radius 2 is 2.20 bits per heavy atom. The van der Waals surface area contributed by atoms with Crippen molar-refractivity contribution in [3.63, 3.8) is 0 Å². The van der Waals surface area contributed by atoms with Crippen molar-refractivity contribution in [3.8, 4) is 0 Å². The average molecular weight is 201 g/mol. The number of nitrogens with zero attached hydrogens (tertiary/aromatic N) is 3. The fraction of sp³-hybridized carbons (Fsp3) is 0.182. The minimum absolute atomic E-state index is 0.0794. The lowest BCUT2D eigenvalue weighted by Gasteiger charge is -1.98. The van der Waals surface area contributed by atoms with Gasteiger partial charge in [0.05, 0.1) is 11.0 Å². The maximum Gasteiger partial charge on any atom is 0.237 e. The molecule has 1 aromatic carbocycles. The zero-order valence-electron chi connectivity index (χ0n) is 8.64. The van der Waals surface area contributed by atoms with E-state index < -0.39 is 0 Å². The largest absolute Gasteiger partial charge is 0.274 e. The highest BCUT2D eigenvalue weighted by atomic mass is 16.1. The third-order valence-electron chi connectivity index (χ3n) is 2.10. The van der Waals surface area contributed by atoms with E-state index in [1.807, 2.05) is 24.3 Å². The zero-order valence-corrected chi connectivity index (χ0v) is 8.64. The lowest BCUT2D eigenvalue weighted by molar-refractivity contribution is 0.0943. The van der Waals surface area contributed by atoms with Crippen LogP contribution in [0.5, 0.6) is 0 Å². The molecule has 0 atom stereocenters. The van der Waals surface area contributed by atoms with E-state index in [1.165, 1.54) is 11.5 Å². The number of imidazole rings is 1. The van der Waals surface area contributed by atoms with Crippen LogP contribution in [0.2, 0.25) is 0 Å². The highest BCUT2D eigenvalue weighted by Crippen LogP contribution is 2.20. The Labute approximate surface area is 87.3 Å². The van der Waals surface area contributed by atoms with Crippen LogP contribution >= 0.6 is 0 Å². The van der Waals surface area contributed by atoms with E-state index in [-0.39, 0.29) is 5.91 Å². The van der Waals surface area contributed by atoms with E-state index in [4.69, 9.17) is 0 Å². The first kappa shape index (κ1) is 9.58. The van der Waals surface area contributed by atoms with Crippen LogP contribution in [0.1, 0.15) is 18.6 Å². The summed E-state index contributed by atoms with van der Waals surface area (Å²) in [6.07, 6.45) is 1.63. The van der Waals surface area contributed by atoms with Crippen molar-refractivity contribution >= 4 is 29.1 Å². The first-order valence-corrected chi connectivity index (χ1v) is 4.71. The van der Waals surface area contributed by atoms with Crippen molar-refractivity contribution in [2.45, 2.75) is 13.8 Å². The second-order valence-corrected chi connectivity index (χ2v) is 3.14. The van der Waals surface area contributed by atoms with Gasteiger partial charge in [0.2, 0.25) is 11.9 Å². The SMILES string of the molecule is C/C=N/c1nc2ccccc2n1C(C)=O. The Morgan fingerprint density at radius 3 is 2.87 bits per heavy atom. The van der Waals surface area contributed by atoms with Crippen LogP contribution in [0, 0.1) is 0 Å². The van der Waals surface area contributed by atoms with Crippen LogP contribution in [0.25, 0.3) is 11.0 Å². The molecule has 0 saturated carbocycles. The number of benzene rings is 1. The van der Waals surface area contributed by atoms with Gasteiger partial charge in [-0.2, -0.15) is 0 Å². The molecule has 0 unspecified atom stereocenters. The van der Waals surface area contributed by atoms with Crippen LogP contribution < -0.4 is 0 Å². The fourth-order valence-corrected chi connectivity index (χ4v) is 1.53. The summed E-state index contributed by atoms with van der Waals surface area (Å²) in [5.41, 5.74) is 1.58. The molecular weight excluding hydrogens is 190 g/mol. The summed E-state index contributed by atoms with van der Waals surface area (Å²) in [5, 5.41) is 0. The predicted octanol–water partition coefficient (Wildman–Crippen LogP) is 2.42. The van der Waals surface area contributed by atoms with Gasteiger partial charge in [-0.1, -0.05) is 12.1 Å². The van der Waals surface area contributed by atoms with Gasteiger partial charge in [-0.05, 0) is 19.1 Å². The minimum Gasteiger partial charge on any atom is -0.274 e. The van der Waals surface area contributed by atoms with Gasteiger partial charge in [0.15, 0.2) is 0 Å². The molecule has 0 N–H and O–H groups in total. The van der Waals surface area contributed by atoms with Crippen LogP contribution in [-0.4, -0.2) is 21.7 Å². The third kappa shape index (κ3) is 1.54. The van der Waals surface area contributed by atoms with Crippen LogP contribution in [-0.2, 0) is 0 Å². The van der Waals surface area contributed by atoms with Crippen molar-refractivity contribution in [2.24, 2.45) is 4.99 Å². The summed E-state index contributed by atoms with van der Waals surface area (Å²) in [7, 11) is 0. The molecule has 0 radical (unpaired) electrons. The van der Waals surface area contributed by atoms with Gasteiger partial charge < -0.3 is 0 Å². The summed E-state index contributed by atoms with van der Waals surface area (Å²) in [5.74, 6) is 0.357. The summed E-state index contributed by atoms with van der Waals surface area (Å²) in [4.78, 5) is 19.8. The molecule has 0 fully saturated rings.